The summed E-state index contributed by atoms with van der Waals surface area (Å²) in [5, 5.41) is 19.5. The van der Waals surface area contributed by atoms with Gasteiger partial charge in [0.15, 0.2) is 0 Å². The van der Waals surface area contributed by atoms with Gasteiger partial charge in [-0.05, 0) is 25.5 Å². The number of carboxylic acid groups (broad SMARTS) is 1. The monoisotopic (exact) mass is 286 g/mol. The van der Waals surface area contributed by atoms with Gasteiger partial charge < -0.3 is 10.4 Å². The molecule has 2 N–H and O–H groups in total. The van der Waals surface area contributed by atoms with Crippen LogP contribution in [-0.4, -0.2) is 32.2 Å². The molecule has 1 amide bonds. The molecule has 0 spiro atoms. The Morgan fingerprint density at radius 2 is 2.05 bits per heavy atom. The topological polar surface area (TPSA) is 105 Å². The number of amides is 1. The van der Waals surface area contributed by atoms with E-state index in [1.165, 1.54) is 18.5 Å². The van der Waals surface area contributed by atoms with Crippen molar-refractivity contribution in [3.05, 3.63) is 47.0 Å². The Labute approximate surface area is 121 Å². The number of aromatic carboxylic acids is 1. The van der Waals surface area contributed by atoms with Gasteiger partial charge in [0, 0.05) is 6.20 Å². The summed E-state index contributed by atoms with van der Waals surface area (Å²) in [5.41, 5.74) is 1.67. The van der Waals surface area contributed by atoms with Crippen molar-refractivity contribution in [2.75, 3.05) is 5.32 Å². The summed E-state index contributed by atoms with van der Waals surface area (Å²) in [6.45, 7) is 3.60. The number of carbonyl (C=O) groups excluding carboxylic acids is 1. The lowest BCUT2D eigenvalue weighted by Gasteiger charge is -2.10. The zero-order valence-corrected chi connectivity index (χ0v) is 11.6. The quantitative estimate of drug-likeness (QED) is 0.886. The maximum Gasteiger partial charge on any atom is 0.337 e. The number of nitrogens with zero attached hydrogens (tertiary/aromatic N) is 3. The van der Waals surface area contributed by atoms with Gasteiger partial charge in [-0.1, -0.05) is 6.92 Å². The van der Waals surface area contributed by atoms with Gasteiger partial charge in [-0.2, -0.15) is 10.2 Å². The second kappa shape index (κ2) is 6.08. The summed E-state index contributed by atoms with van der Waals surface area (Å²) in [5.74, 6) is -1.56. The number of carbonyl (C=O) groups is 2. The van der Waals surface area contributed by atoms with E-state index in [-0.39, 0.29) is 11.3 Å². The Kier molecular flexibility index (Phi) is 4.22. The molecule has 0 radical (unpaired) electrons. The molecule has 0 bridgehead atoms. The molecule has 7 nitrogen and oxygen atoms in total. The van der Waals surface area contributed by atoms with Gasteiger partial charge in [0.25, 0.3) is 5.91 Å². The largest absolute Gasteiger partial charge is 0.478 e. The molecule has 2 heterocycles. The fourth-order valence-corrected chi connectivity index (χ4v) is 1.84. The highest BCUT2D eigenvalue weighted by Gasteiger charge is 2.16. The Morgan fingerprint density at radius 1 is 1.29 bits per heavy atom. The van der Waals surface area contributed by atoms with Gasteiger partial charge in [-0.3, -0.25) is 9.78 Å². The van der Waals surface area contributed by atoms with E-state index in [0.717, 1.165) is 0 Å². The zero-order chi connectivity index (χ0) is 15.4. The summed E-state index contributed by atoms with van der Waals surface area (Å²) in [7, 11) is 0. The standard InChI is InChI=1S/C14H14N4O3/c1-3-11-10(6-8(2)17-18-11)13(19)16-12-7-15-5-4-9(12)14(20)21/h4-7H,3H2,1-2H3,(H,16,19)(H,20,21). The summed E-state index contributed by atoms with van der Waals surface area (Å²) in [6.07, 6.45) is 3.21. The van der Waals surface area contributed by atoms with E-state index in [4.69, 9.17) is 5.11 Å². The highest BCUT2D eigenvalue weighted by atomic mass is 16.4. The smallest absolute Gasteiger partial charge is 0.337 e. The predicted molar refractivity (Wildman–Crippen MR) is 75.3 cm³/mol. The number of anilines is 1. The van der Waals surface area contributed by atoms with Crippen molar-refractivity contribution in [1.82, 2.24) is 15.2 Å². The number of pyridine rings is 1. The lowest BCUT2D eigenvalue weighted by molar-refractivity contribution is 0.0698. The van der Waals surface area contributed by atoms with Crippen molar-refractivity contribution in [3.8, 4) is 0 Å². The molecule has 0 aliphatic heterocycles. The molecular weight excluding hydrogens is 272 g/mol. The summed E-state index contributed by atoms with van der Waals surface area (Å²) < 4.78 is 0. The third kappa shape index (κ3) is 3.19. The minimum Gasteiger partial charge on any atom is -0.478 e. The predicted octanol–water partition coefficient (Wildman–Crippen LogP) is 1.69. The van der Waals surface area contributed by atoms with E-state index in [0.29, 0.717) is 23.4 Å². The number of aryl methyl sites for hydroxylation is 2. The minimum absolute atomic E-state index is 0.0184. The molecule has 2 rings (SSSR count). The Hall–Kier alpha value is -2.83. The van der Waals surface area contributed by atoms with Crippen LogP contribution >= 0.6 is 0 Å². The average Bonchev–Trinajstić information content (AvgIpc) is 2.47. The number of nitrogens with one attached hydrogen (secondary N) is 1. The van der Waals surface area contributed by atoms with Gasteiger partial charge in [0.2, 0.25) is 0 Å². The second-order valence-corrected chi connectivity index (χ2v) is 4.38. The lowest BCUT2D eigenvalue weighted by atomic mass is 10.1. The molecule has 0 saturated carbocycles. The molecule has 0 aliphatic carbocycles. The van der Waals surface area contributed by atoms with E-state index < -0.39 is 11.9 Å². The van der Waals surface area contributed by atoms with Crippen LogP contribution in [0.2, 0.25) is 0 Å². The fourth-order valence-electron chi connectivity index (χ4n) is 1.84. The van der Waals surface area contributed by atoms with Crippen molar-refractivity contribution >= 4 is 17.6 Å². The summed E-state index contributed by atoms with van der Waals surface area (Å²) >= 11 is 0. The van der Waals surface area contributed by atoms with Gasteiger partial charge in [0.05, 0.1) is 34.4 Å². The number of aromatic nitrogens is 3. The van der Waals surface area contributed by atoms with Crippen LogP contribution in [0.25, 0.3) is 0 Å². The molecule has 0 unspecified atom stereocenters. The van der Waals surface area contributed by atoms with E-state index in [1.807, 2.05) is 6.92 Å². The van der Waals surface area contributed by atoms with Crippen LogP contribution in [0.3, 0.4) is 0 Å². The molecule has 0 aliphatic rings. The Bertz CT molecular complexity index is 700. The minimum atomic E-state index is -1.13. The third-order valence-electron chi connectivity index (χ3n) is 2.87. The van der Waals surface area contributed by atoms with Crippen LogP contribution in [0.15, 0.2) is 24.5 Å². The zero-order valence-electron chi connectivity index (χ0n) is 11.6. The van der Waals surface area contributed by atoms with E-state index in [1.54, 1.807) is 13.0 Å². The first kappa shape index (κ1) is 14.6. The Balaban J connectivity index is 2.35. The number of carboxylic acids is 1. The van der Waals surface area contributed by atoms with Crippen molar-refractivity contribution in [2.24, 2.45) is 0 Å². The first-order chi connectivity index (χ1) is 10.0. The average molecular weight is 286 g/mol. The normalized spacial score (nSPS) is 10.2. The third-order valence-corrected chi connectivity index (χ3v) is 2.87. The number of hydrogen-bond acceptors (Lipinski definition) is 5. The highest BCUT2D eigenvalue weighted by molar-refractivity contribution is 6.08. The molecule has 0 fully saturated rings. The number of hydrogen-bond donors (Lipinski definition) is 2. The van der Waals surface area contributed by atoms with Crippen LogP contribution in [0.1, 0.15) is 39.0 Å². The van der Waals surface area contributed by atoms with E-state index in [2.05, 4.69) is 20.5 Å². The lowest BCUT2D eigenvalue weighted by Crippen LogP contribution is -2.18. The van der Waals surface area contributed by atoms with E-state index in [9.17, 15) is 9.59 Å². The van der Waals surface area contributed by atoms with Gasteiger partial charge in [-0.15, -0.1) is 0 Å². The molecule has 0 saturated heterocycles. The molecule has 108 valence electrons. The Morgan fingerprint density at radius 3 is 2.71 bits per heavy atom. The fraction of sp³-hybridized carbons (Fsp3) is 0.214. The highest BCUT2D eigenvalue weighted by Crippen LogP contribution is 2.16. The van der Waals surface area contributed by atoms with Crippen LogP contribution < -0.4 is 5.32 Å². The van der Waals surface area contributed by atoms with Gasteiger partial charge in [0.1, 0.15) is 0 Å². The molecule has 2 aromatic rings. The van der Waals surface area contributed by atoms with Crippen molar-refractivity contribution in [3.63, 3.8) is 0 Å². The maximum atomic E-state index is 12.3. The molecule has 0 atom stereocenters. The van der Waals surface area contributed by atoms with Crippen LogP contribution in [0.5, 0.6) is 0 Å². The molecule has 21 heavy (non-hydrogen) atoms. The van der Waals surface area contributed by atoms with Crippen LogP contribution in [0.4, 0.5) is 5.69 Å². The first-order valence-corrected chi connectivity index (χ1v) is 6.34. The summed E-state index contributed by atoms with van der Waals surface area (Å²) in [4.78, 5) is 27.3. The van der Waals surface area contributed by atoms with Crippen molar-refractivity contribution in [2.45, 2.75) is 20.3 Å². The molecule has 7 heteroatoms. The van der Waals surface area contributed by atoms with Crippen LogP contribution in [0, 0.1) is 6.92 Å². The molecule has 2 aromatic heterocycles. The van der Waals surface area contributed by atoms with Crippen LogP contribution in [-0.2, 0) is 6.42 Å². The molecule has 0 aromatic carbocycles. The molecular formula is C14H14N4O3. The maximum absolute atomic E-state index is 12.3. The van der Waals surface area contributed by atoms with Crippen molar-refractivity contribution < 1.29 is 14.7 Å². The SMILES string of the molecule is CCc1nnc(C)cc1C(=O)Nc1cnccc1C(=O)O. The van der Waals surface area contributed by atoms with Crippen molar-refractivity contribution in [1.29, 1.82) is 0 Å². The second-order valence-electron chi connectivity index (χ2n) is 4.38. The summed E-state index contributed by atoms with van der Waals surface area (Å²) in [6, 6.07) is 2.95. The van der Waals surface area contributed by atoms with E-state index >= 15 is 0 Å². The van der Waals surface area contributed by atoms with Gasteiger partial charge >= 0.3 is 5.97 Å². The first-order valence-electron chi connectivity index (χ1n) is 6.34. The van der Waals surface area contributed by atoms with Gasteiger partial charge in [-0.25, -0.2) is 4.79 Å². The number of rotatable bonds is 4.